The Bertz CT molecular complexity index is 894. The first-order valence-electron chi connectivity index (χ1n) is 8.59. The molecule has 0 saturated carbocycles. The van der Waals surface area contributed by atoms with Gasteiger partial charge in [0.25, 0.3) is 5.91 Å². The lowest BCUT2D eigenvalue weighted by atomic mass is 10.0. The van der Waals surface area contributed by atoms with Gasteiger partial charge in [-0.05, 0) is 37.0 Å². The average Bonchev–Trinajstić information content (AvgIpc) is 3.33. The summed E-state index contributed by atoms with van der Waals surface area (Å²) in [6.45, 7) is 0.684. The highest BCUT2D eigenvalue weighted by Crippen LogP contribution is 2.32. The minimum absolute atomic E-state index is 0.0259. The molecule has 1 aromatic carbocycles. The van der Waals surface area contributed by atoms with Gasteiger partial charge >= 0.3 is 0 Å². The van der Waals surface area contributed by atoms with Crippen molar-refractivity contribution in [3.05, 3.63) is 70.1 Å². The third-order valence-corrected chi connectivity index (χ3v) is 5.29. The lowest BCUT2D eigenvalue weighted by Crippen LogP contribution is -2.38. The number of hydrogen-bond acceptors (Lipinski definition) is 5. The van der Waals surface area contributed by atoms with Crippen LogP contribution in [0.3, 0.4) is 0 Å². The molecule has 0 N–H and O–H groups in total. The first kappa shape index (κ1) is 16.9. The van der Waals surface area contributed by atoms with Crippen molar-refractivity contribution in [1.29, 1.82) is 0 Å². The Hall–Kier alpha value is -2.54. The van der Waals surface area contributed by atoms with Crippen LogP contribution >= 0.6 is 11.3 Å². The standard InChI is InChI=1S/C19H18FN3O2S/c20-14-5-3-4-13(8-14)9-15-10-22-18(25-15)16-6-1-2-7-23(16)19(24)17-11-21-12-26-17/h3-5,8,10-12,16H,1-2,6-7,9H2. The molecule has 1 aliphatic heterocycles. The second kappa shape index (κ2) is 7.37. The van der Waals surface area contributed by atoms with Gasteiger partial charge < -0.3 is 9.32 Å². The highest BCUT2D eigenvalue weighted by atomic mass is 32.1. The van der Waals surface area contributed by atoms with E-state index in [1.807, 2.05) is 11.0 Å². The van der Waals surface area contributed by atoms with Crippen LogP contribution in [0.5, 0.6) is 0 Å². The minimum atomic E-state index is -0.268. The number of carbonyl (C=O) groups excluding carboxylic acids is 1. The molecule has 0 spiro atoms. The fourth-order valence-electron chi connectivity index (χ4n) is 3.30. The van der Waals surface area contributed by atoms with Gasteiger partial charge in [-0.1, -0.05) is 12.1 Å². The molecule has 0 bridgehead atoms. The number of nitrogens with zero attached hydrogens (tertiary/aromatic N) is 3. The third kappa shape index (κ3) is 3.53. The van der Waals surface area contributed by atoms with Gasteiger partial charge in [0.15, 0.2) is 0 Å². The van der Waals surface area contributed by atoms with Crippen molar-refractivity contribution in [2.24, 2.45) is 0 Å². The van der Waals surface area contributed by atoms with Crippen molar-refractivity contribution >= 4 is 17.2 Å². The molecule has 1 atom stereocenters. The molecule has 0 aliphatic carbocycles. The molecule has 134 valence electrons. The molecule has 7 heteroatoms. The van der Waals surface area contributed by atoms with Gasteiger partial charge in [-0.2, -0.15) is 0 Å². The van der Waals surface area contributed by atoms with Crippen LogP contribution in [0.1, 0.15) is 52.2 Å². The molecule has 1 aliphatic rings. The van der Waals surface area contributed by atoms with Gasteiger partial charge in [0.05, 0.1) is 17.9 Å². The maximum absolute atomic E-state index is 13.3. The molecule has 3 aromatic rings. The summed E-state index contributed by atoms with van der Waals surface area (Å²) in [5, 5.41) is 0. The zero-order valence-corrected chi connectivity index (χ0v) is 14.9. The van der Waals surface area contributed by atoms with Gasteiger partial charge in [0.1, 0.15) is 22.5 Å². The van der Waals surface area contributed by atoms with Crippen LogP contribution in [0.15, 0.2) is 46.6 Å². The predicted molar refractivity (Wildman–Crippen MR) is 95.5 cm³/mol. The topological polar surface area (TPSA) is 59.2 Å². The van der Waals surface area contributed by atoms with Gasteiger partial charge in [-0.3, -0.25) is 9.78 Å². The largest absolute Gasteiger partial charge is 0.443 e. The summed E-state index contributed by atoms with van der Waals surface area (Å²) < 4.78 is 19.3. The van der Waals surface area contributed by atoms with Crippen LogP contribution in [0.4, 0.5) is 4.39 Å². The second-order valence-corrected chi connectivity index (χ2v) is 7.23. The van der Waals surface area contributed by atoms with Gasteiger partial charge in [-0.15, -0.1) is 11.3 Å². The summed E-state index contributed by atoms with van der Waals surface area (Å²) >= 11 is 1.34. The van der Waals surface area contributed by atoms with E-state index < -0.39 is 0 Å². The number of piperidine rings is 1. The number of amides is 1. The number of thiazole rings is 1. The Morgan fingerprint density at radius 1 is 1.35 bits per heavy atom. The molecule has 26 heavy (non-hydrogen) atoms. The van der Waals surface area contributed by atoms with Crippen molar-refractivity contribution in [3.8, 4) is 0 Å². The molecule has 3 heterocycles. The summed E-state index contributed by atoms with van der Waals surface area (Å²) in [7, 11) is 0. The van der Waals surface area contributed by atoms with Gasteiger partial charge in [0, 0.05) is 13.0 Å². The van der Waals surface area contributed by atoms with Crippen molar-refractivity contribution in [2.75, 3.05) is 6.54 Å². The molecule has 1 saturated heterocycles. The van der Waals surface area contributed by atoms with Crippen molar-refractivity contribution in [2.45, 2.75) is 31.7 Å². The summed E-state index contributed by atoms with van der Waals surface area (Å²) in [5.74, 6) is 0.924. The van der Waals surface area contributed by atoms with Crippen LogP contribution in [0.25, 0.3) is 0 Å². The second-order valence-electron chi connectivity index (χ2n) is 6.35. The van der Waals surface area contributed by atoms with E-state index in [1.54, 1.807) is 24.0 Å². The maximum Gasteiger partial charge on any atom is 0.266 e. The summed E-state index contributed by atoms with van der Waals surface area (Å²) in [6.07, 6.45) is 6.56. The highest BCUT2D eigenvalue weighted by molar-refractivity contribution is 7.11. The Balaban J connectivity index is 1.54. The molecular formula is C19H18FN3O2S. The number of oxazole rings is 1. The van der Waals surface area contributed by atoms with Crippen LogP contribution in [-0.2, 0) is 6.42 Å². The Labute approximate surface area is 154 Å². The zero-order valence-electron chi connectivity index (χ0n) is 14.1. The minimum Gasteiger partial charge on any atom is -0.443 e. The van der Waals surface area contributed by atoms with E-state index in [2.05, 4.69) is 9.97 Å². The normalized spacial score (nSPS) is 17.4. The van der Waals surface area contributed by atoms with Crippen LogP contribution in [0, 0.1) is 5.82 Å². The van der Waals surface area contributed by atoms with Crippen LogP contribution in [0.2, 0.25) is 0 Å². The Morgan fingerprint density at radius 2 is 2.27 bits per heavy atom. The molecule has 0 radical (unpaired) electrons. The molecule has 2 aromatic heterocycles. The molecular weight excluding hydrogens is 353 g/mol. The first-order valence-corrected chi connectivity index (χ1v) is 9.47. The number of carbonyl (C=O) groups is 1. The Kier molecular flexibility index (Phi) is 4.79. The summed E-state index contributed by atoms with van der Waals surface area (Å²) in [5.41, 5.74) is 2.49. The zero-order chi connectivity index (χ0) is 17.9. The highest BCUT2D eigenvalue weighted by Gasteiger charge is 2.32. The number of rotatable bonds is 4. The van der Waals surface area contributed by atoms with Gasteiger partial charge in [-0.25, -0.2) is 9.37 Å². The predicted octanol–water partition coefficient (Wildman–Crippen LogP) is 4.23. The smallest absolute Gasteiger partial charge is 0.266 e. The number of aromatic nitrogens is 2. The van der Waals surface area contributed by atoms with Gasteiger partial charge in [0.2, 0.25) is 5.89 Å². The van der Waals surface area contributed by atoms with Crippen molar-refractivity contribution in [1.82, 2.24) is 14.9 Å². The van der Waals surface area contributed by atoms with E-state index in [9.17, 15) is 9.18 Å². The summed E-state index contributed by atoms with van der Waals surface area (Å²) in [6, 6.07) is 6.27. The Morgan fingerprint density at radius 3 is 3.08 bits per heavy atom. The number of hydrogen-bond donors (Lipinski definition) is 0. The quantitative estimate of drug-likeness (QED) is 0.689. The van der Waals surface area contributed by atoms with Crippen LogP contribution < -0.4 is 0 Å². The molecule has 1 fully saturated rings. The van der Waals surface area contributed by atoms with Crippen molar-refractivity contribution < 1.29 is 13.6 Å². The van der Waals surface area contributed by atoms with Crippen LogP contribution in [-0.4, -0.2) is 27.3 Å². The van der Waals surface area contributed by atoms with E-state index >= 15 is 0 Å². The average molecular weight is 371 g/mol. The fraction of sp³-hybridized carbons (Fsp3) is 0.316. The maximum atomic E-state index is 13.3. The van der Waals surface area contributed by atoms with E-state index in [-0.39, 0.29) is 17.8 Å². The van der Waals surface area contributed by atoms with E-state index in [0.29, 0.717) is 29.5 Å². The lowest BCUT2D eigenvalue weighted by Gasteiger charge is -2.33. The van der Waals surface area contributed by atoms with E-state index in [4.69, 9.17) is 4.42 Å². The molecule has 5 nitrogen and oxygen atoms in total. The van der Waals surface area contributed by atoms with Crippen molar-refractivity contribution in [3.63, 3.8) is 0 Å². The van der Waals surface area contributed by atoms with E-state index in [0.717, 1.165) is 24.8 Å². The number of likely N-dealkylation sites (tertiary alicyclic amines) is 1. The third-order valence-electron chi connectivity index (χ3n) is 4.53. The van der Waals surface area contributed by atoms with E-state index in [1.165, 1.54) is 23.5 Å². The summed E-state index contributed by atoms with van der Waals surface area (Å²) in [4.78, 5) is 23.6. The SMILES string of the molecule is O=C(c1cncs1)N1CCCCC1c1ncc(Cc2cccc(F)c2)o1. The first-order chi connectivity index (χ1) is 12.7. The molecule has 1 amide bonds. The monoisotopic (exact) mass is 371 g/mol. The number of halogens is 1. The lowest BCUT2D eigenvalue weighted by molar-refractivity contribution is 0.0575. The molecule has 4 rings (SSSR count). The molecule has 1 unspecified atom stereocenters. The number of benzene rings is 1. The fourth-order valence-corrected chi connectivity index (χ4v) is 3.88.